The highest BCUT2D eigenvalue weighted by molar-refractivity contribution is 5.74. The summed E-state index contributed by atoms with van der Waals surface area (Å²) < 4.78 is 0. The third kappa shape index (κ3) is 3.17. The van der Waals surface area contributed by atoms with Gasteiger partial charge >= 0.3 is 0 Å². The lowest BCUT2D eigenvalue weighted by Crippen LogP contribution is -2.45. The number of rotatable bonds is 3. The highest BCUT2D eigenvalue weighted by Gasteiger charge is 2.26. The summed E-state index contributed by atoms with van der Waals surface area (Å²) in [5.41, 5.74) is 10.9. The average molecular weight is 319 g/mol. The molecule has 0 bridgehead atoms. The molecule has 0 radical (unpaired) electrons. The predicted molar refractivity (Wildman–Crippen MR) is 102 cm³/mol. The molecule has 2 N–H and O–H groups in total. The van der Waals surface area contributed by atoms with E-state index in [0.29, 0.717) is 6.04 Å². The van der Waals surface area contributed by atoms with Crippen LogP contribution in [0.3, 0.4) is 0 Å². The van der Waals surface area contributed by atoms with Gasteiger partial charge in [-0.05, 0) is 36.1 Å². The minimum atomic E-state index is 0.613. The lowest BCUT2D eigenvalue weighted by atomic mass is 9.98. The van der Waals surface area contributed by atoms with E-state index in [2.05, 4.69) is 64.4 Å². The second-order valence-corrected chi connectivity index (χ2v) is 6.87. The van der Waals surface area contributed by atoms with Crippen LogP contribution in [0.15, 0.2) is 54.6 Å². The Labute approximate surface area is 144 Å². The van der Waals surface area contributed by atoms with Gasteiger partial charge in [-0.25, -0.2) is 0 Å². The van der Waals surface area contributed by atoms with E-state index in [-0.39, 0.29) is 0 Å². The smallest absolute Gasteiger partial charge is 0.0465 e. The number of anilines is 2. The number of nitrogen functional groups attached to an aromatic ring is 1. The molecule has 2 aliphatic rings. The van der Waals surface area contributed by atoms with Gasteiger partial charge in [0.25, 0.3) is 0 Å². The second-order valence-electron chi connectivity index (χ2n) is 6.87. The third-order valence-corrected chi connectivity index (χ3v) is 5.21. The molecule has 4 rings (SSSR count). The van der Waals surface area contributed by atoms with Crippen molar-refractivity contribution in [2.24, 2.45) is 0 Å². The fourth-order valence-corrected chi connectivity index (χ4v) is 3.92. The number of benzene rings is 2. The van der Waals surface area contributed by atoms with Gasteiger partial charge in [-0.1, -0.05) is 48.6 Å². The van der Waals surface area contributed by atoms with Crippen molar-refractivity contribution in [3.05, 3.63) is 65.7 Å². The molecule has 0 spiro atoms. The first-order valence-corrected chi connectivity index (χ1v) is 8.88. The summed E-state index contributed by atoms with van der Waals surface area (Å²) in [5, 5.41) is 0. The fourth-order valence-electron chi connectivity index (χ4n) is 3.92. The first-order chi connectivity index (χ1) is 11.8. The Hall–Kier alpha value is -2.26. The molecule has 124 valence electrons. The minimum Gasteiger partial charge on any atom is -0.399 e. The first-order valence-electron chi connectivity index (χ1n) is 8.88. The molecule has 0 saturated carbocycles. The number of nitrogens with two attached hydrogens (primary N) is 1. The summed E-state index contributed by atoms with van der Waals surface area (Å²) in [4.78, 5) is 5.12. The van der Waals surface area contributed by atoms with Gasteiger partial charge in [0, 0.05) is 43.6 Å². The van der Waals surface area contributed by atoms with Crippen molar-refractivity contribution < 1.29 is 0 Å². The van der Waals surface area contributed by atoms with E-state index in [4.69, 9.17) is 5.73 Å². The van der Waals surface area contributed by atoms with Gasteiger partial charge in [0.1, 0.15) is 0 Å². The molecule has 2 heterocycles. The van der Waals surface area contributed by atoms with Gasteiger partial charge in [-0.2, -0.15) is 0 Å². The maximum absolute atomic E-state index is 6.02. The molecule has 0 atom stereocenters. The quantitative estimate of drug-likeness (QED) is 0.874. The van der Waals surface area contributed by atoms with E-state index < -0.39 is 0 Å². The van der Waals surface area contributed by atoms with Gasteiger partial charge in [0.15, 0.2) is 0 Å². The van der Waals surface area contributed by atoms with Gasteiger partial charge < -0.3 is 10.6 Å². The van der Waals surface area contributed by atoms with Crippen molar-refractivity contribution in [3.8, 4) is 0 Å². The molecule has 0 aromatic heterocycles. The zero-order valence-electron chi connectivity index (χ0n) is 14.1. The molecule has 1 saturated heterocycles. The number of hydrogen-bond donors (Lipinski definition) is 1. The van der Waals surface area contributed by atoms with E-state index in [0.717, 1.165) is 31.9 Å². The lowest BCUT2D eigenvalue weighted by Gasteiger charge is -2.41. The Morgan fingerprint density at radius 3 is 2.58 bits per heavy atom. The van der Waals surface area contributed by atoms with Gasteiger partial charge in [0.05, 0.1) is 0 Å². The second kappa shape index (κ2) is 6.70. The number of fused-ring (bicyclic) bond motifs is 1. The molecule has 0 amide bonds. The van der Waals surface area contributed by atoms with Crippen LogP contribution in [0.25, 0.3) is 6.08 Å². The van der Waals surface area contributed by atoms with Gasteiger partial charge in [-0.3, -0.25) is 4.90 Å². The average Bonchev–Trinajstić information content (AvgIpc) is 2.63. The monoisotopic (exact) mass is 319 g/mol. The Morgan fingerprint density at radius 2 is 1.79 bits per heavy atom. The van der Waals surface area contributed by atoms with Crippen molar-refractivity contribution in [1.82, 2.24) is 4.90 Å². The van der Waals surface area contributed by atoms with Crippen molar-refractivity contribution in [3.63, 3.8) is 0 Å². The summed E-state index contributed by atoms with van der Waals surface area (Å²) in [5.74, 6) is 0. The van der Waals surface area contributed by atoms with Gasteiger partial charge in [-0.15, -0.1) is 0 Å². The van der Waals surface area contributed by atoms with E-state index in [1.54, 1.807) is 0 Å². The molecule has 2 aliphatic heterocycles. The highest BCUT2D eigenvalue weighted by Crippen LogP contribution is 2.32. The Morgan fingerprint density at radius 1 is 1.00 bits per heavy atom. The van der Waals surface area contributed by atoms with Gasteiger partial charge in [0.2, 0.25) is 0 Å². The zero-order valence-corrected chi connectivity index (χ0v) is 14.1. The number of nitrogens with zero attached hydrogens (tertiary/aromatic N) is 2. The molecule has 2 aromatic rings. The molecule has 1 fully saturated rings. The number of hydrogen-bond acceptors (Lipinski definition) is 3. The Kier molecular flexibility index (Phi) is 4.26. The summed E-state index contributed by atoms with van der Waals surface area (Å²) in [7, 11) is 0. The Bertz CT molecular complexity index is 715. The van der Waals surface area contributed by atoms with Crippen molar-refractivity contribution >= 4 is 17.5 Å². The summed E-state index contributed by atoms with van der Waals surface area (Å²) >= 11 is 0. The zero-order chi connectivity index (χ0) is 16.4. The lowest BCUT2D eigenvalue weighted by molar-refractivity contribution is 0.202. The molecule has 3 nitrogen and oxygen atoms in total. The molecular weight excluding hydrogens is 294 g/mol. The van der Waals surface area contributed by atoms with Crippen LogP contribution in [0.2, 0.25) is 0 Å². The molecule has 0 aliphatic carbocycles. The molecule has 24 heavy (non-hydrogen) atoms. The first kappa shape index (κ1) is 15.3. The maximum Gasteiger partial charge on any atom is 0.0465 e. The number of piperidine rings is 1. The van der Waals surface area contributed by atoms with Crippen LogP contribution in [0.1, 0.15) is 24.0 Å². The topological polar surface area (TPSA) is 32.5 Å². The minimum absolute atomic E-state index is 0.613. The summed E-state index contributed by atoms with van der Waals surface area (Å²) in [6.45, 7) is 4.39. The standard InChI is InChI=1S/C21H25N3/c22-19-9-8-18-7-4-12-24(21(18)15-19)20-10-13-23(14-11-20)16-17-5-2-1-3-6-17/h1-9,15,20H,10-14,16,22H2. The molecular formula is C21H25N3. The summed E-state index contributed by atoms with van der Waals surface area (Å²) in [6, 6.07) is 17.7. The molecule has 0 unspecified atom stereocenters. The largest absolute Gasteiger partial charge is 0.399 e. The van der Waals surface area contributed by atoms with Crippen LogP contribution >= 0.6 is 0 Å². The summed E-state index contributed by atoms with van der Waals surface area (Å²) in [6.07, 6.45) is 6.93. The van der Waals surface area contributed by atoms with Crippen LogP contribution in [0.4, 0.5) is 11.4 Å². The SMILES string of the molecule is Nc1ccc2c(c1)N(C1CCN(Cc3ccccc3)CC1)CC=C2. The van der Waals surface area contributed by atoms with Crippen molar-refractivity contribution in [2.45, 2.75) is 25.4 Å². The van der Waals surface area contributed by atoms with E-state index in [1.165, 1.54) is 29.7 Å². The normalized spacial score (nSPS) is 18.6. The molecule has 3 heteroatoms. The van der Waals surface area contributed by atoms with E-state index >= 15 is 0 Å². The van der Waals surface area contributed by atoms with Crippen LogP contribution < -0.4 is 10.6 Å². The van der Waals surface area contributed by atoms with Crippen molar-refractivity contribution in [2.75, 3.05) is 30.3 Å². The van der Waals surface area contributed by atoms with E-state index in [1.807, 2.05) is 6.07 Å². The van der Waals surface area contributed by atoms with Crippen molar-refractivity contribution in [1.29, 1.82) is 0 Å². The fraction of sp³-hybridized carbons (Fsp3) is 0.333. The molecule has 2 aromatic carbocycles. The third-order valence-electron chi connectivity index (χ3n) is 5.21. The Balaban J connectivity index is 1.42. The number of likely N-dealkylation sites (tertiary alicyclic amines) is 1. The van der Waals surface area contributed by atoms with E-state index in [9.17, 15) is 0 Å². The predicted octanol–water partition coefficient (Wildman–Crippen LogP) is 3.77. The van der Waals surface area contributed by atoms with Crippen LogP contribution in [-0.4, -0.2) is 30.6 Å². The van der Waals surface area contributed by atoms with Crippen LogP contribution in [0, 0.1) is 0 Å². The highest BCUT2D eigenvalue weighted by atomic mass is 15.2. The van der Waals surface area contributed by atoms with Crippen LogP contribution in [-0.2, 0) is 6.54 Å². The van der Waals surface area contributed by atoms with Crippen LogP contribution in [0.5, 0.6) is 0 Å². The maximum atomic E-state index is 6.02.